The molecule has 0 radical (unpaired) electrons. The molecule has 49 heavy (non-hydrogen) atoms. The van der Waals surface area contributed by atoms with E-state index in [-0.39, 0.29) is 25.9 Å². The summed E-state index contributed by atoms with van der Waals surface area (Å²) >= 11 is 0. The van der Waals surface area contributed by atoms with Crippen LogP contribution in [0.1, 0.15) is 12.8 Å². The highest BCUT2D eigenvalue weighted by Crippen LogP contribution is 2.34. The van der Waals surface area contributed by atoms with E-state index in [1.807, 2.05) is 0 Å². The fourth-order valence-electron chi connectivity index (χ4n) is 6.38. The van der Waals surface area contributed by atoms with Crippen LogP contribution in [-0.2, 0) is 33.2 Å². The van der Waals surface area contributed by atoms with E-state index < -0.39 is 142 Å². The predicted molar refractivity (Wildman–Crippen MR) is 160 cm³/mol. The van der Waals surface area contributed by atoms with Crippen LogP contribution in [0.2, 0.25) is 0 Å². The van der Waals surface area contributed by atoms with Gasteiger partial charge in [0, 0.05) is 12.6 Å². The molecule has 1 amide bonds. The maximum atomic E-state index is 12.6. The Morgan fingerprint density at radius 1 is 0.694 bits per heavy atom. The molecule has 0 unspecified atom stereocenters. The van der Waals surface area contributed by atoms with Gasteiger partial charge in [0.15, 0.2) is 18.9 Å². The van der Waals surface area contributed by atoms with Gasteiger partial charge in [-0.2, -0.15) is 0 Å². The normalized spacial score (nSPS) is 48.3. The number of ether oxygens (including phenoxy) is 6. The third kappa shape index (κ3) is 8.66. The van der Waals surface area contributed by atoms with E-state index in [2.05, 4.69) is 5.32 Å². The molecule has 4 fully saturated rings. The van der Waals surface area contributed by atoms with Gasteiger partial charge in [0.2, 0.25) is 5.91 Å². The molecule has 20 atom stereocenters. The first-order valence-corrected chi connectivity index (χ1v) is 16.1. The van der Waals surface area contributed by atoms with Crippen LogP contribution >= 0.6 is 0 Å². The van der Waals surface area contributed by atoms with Crippen molar-refractivity contribution in [3.63, 3.8) is 0 Å². The van der Waals surface area contributed by atoms with Crippen molar-refractivity contribution < 1.29 is 79.2 Å². The number of carbonyl (C=O) groups is 1. The Balaban J connectivity index is 1.57. The zero-order valence-electron chi connectivity index (χ0n) is 26.6. The minimum absolute atomic E-state index is 0.00458. The zero-order valence-corrected chi connectivity index (χ0v) is 26.6. The summed E-state index contributed by atoms with van der Waals surface area (Å²) in [6.07, 6.45) is -23.9. The molecule has 0 bridgehead atoms. The van der Waals surface area contributed by atoms with Crippen molar-refractivity contribution >= 4 is 5.91 Å². The molecule has 4 aliphatic rings. The number of nitrogens with one attached hydrogen (secondary N) is 1. The van der Waals surface area contributed by atoms with E-state index in [9.17, 15) is 50.8 Å². The maximum Gasteiger partial charge on any atom is 0.249 e. The Morgan fingerprint density at radius 3 is 1.76 bits per heavy atom. The van der Waals surface area contributed by atoms with Gasteiger partial charge in [-0.15, -0.1) is 0 Å². The highest BCUT2D eigenvalue weighted by molar-refractivity contribution is 5.80. The van der Waals surface area contributed by atoms with Crippen LogP contribution in [-0.4, -0.2) is 201 Å². The molecule has 0 spiro atoms. The van der Waals surface area contributed by atoms with Crippen molar-refractivity contribution in [3.8, 4) is 0 Å². The first-order valence-electron chi connectivity index (χ1n) is 16.1. The second-order valence-electron chi connectivity index (χ2n) is 12.7. The molecule has 0 aromatic rings. The lowest BCUT2D eigenvalue weighted by molar-refractivity contribution is -0.311. The number of aliphatic hydroxyl groups is 9. The van der Waals surface area contributed by atoms with Crippen LogP contribution in [0.3, 0.4) is 0 Å². The standard InChI is InChI=1S/C27H52N6O16/c28-2-1-9(36)24(43)33-8-3-7(30)21(47-26-14(32)19(41)17(39)11(5-34)45-26)23(15(8)37)49-27-20(42)22(12(6-35)46-27)48-25-13(31)18(40)16(38)10(4-29)44-25/h7-23,25-27,34-42H,1-6,28-32H2,(H,33,43)/t7-,8+,9-,10-,11+,12+,13+,14+,15-,16+,17+,18+,19-,20+,21+,22+,23+,25+,26+,27-/m0/s1. The molecule has 286 valence electrons. The van der Waals surface area contributed by atoms with Gasteiger partial charge in [-0.25, -0.2) is 0 Å². The molecule has 3 aliphatic heterocycles. The SMILES string of the molecule is NCC[C@H](O)C(=O)N[C@@H]1C[C@H](N)[C@@H](O[C@H]2O[C@H](CO)[C@@H](O)[C@@H](O)[C@H]2N)[C@H](O[C@@H]2O[C@H](CO)[C@@H](O[C@H]3O[C@@H](CN)[C@@H](O)[C@H](O)[C@H]3N)[C@H]2O)[C@H]1O. The van der Waals surface area contributed by atoms with E-state index in [0.29, 0.717) is 0 Å². The lowest BCUT2D eigenvalue weighted by Gasteiger charge is -2.47. The second kappa shape index (κ2) is 17.5. The molecular weight excluding hydrogens is 664 g/mol. The Bertz CT molecular complexity index is 1060. The minimum Gasteiger partial charge on any atom is -0.394 e. The number of amides is 1. The molecule has 22 heteroatoms. The number of nitrogens with two attached hydrogens (primary N) is 5. The maximum absolute atomic E-state index is 12.6. The van der Waals surface area contributed by atoms with Gasteiger partial charge in [0.05, 0.1) is 31.3 Å². The number of hydrogen-bond donors (Lipinski definition) is 15. The van der Waals surface area contributed by atoms with Crippen molar-refractivity contribution in [2.45, 2.75) is 135 Å². The molecule has 0 aromatic carbocycles. The first kappa shape index (κ1) is 40.4. The number of aliphatic hydroxyl groups excluding tert-OH is 9. The fourth-order valence-corrected chi connectivity index (χ4v) is 6.38. The van der Waals surface area contributed by atoms with Gasteiger partial charge in [-0.1, -0.05) is 0 Å². The van der Waals surface area contributed by atoms with Crippen molar-refractivity contribution in [1.29, 1.82) is 0 Å². The molecule has 4 rings (SSSR count). The highest BCUT2D eigenvalue weighted by atomic mass is 16.8. The molecule has 1 saturated carbocycles. The van der Waals surface area contributed by atoms with Gasteiger partial charge in [-0.05, 0) is 19.4 Å². The number of hydrogen-bond acceptors (Lipinski definition) is 21. The average Bonchev–Trinajstić information content (AvgIpc) is 3.38. The lowest BCUT2D eigenvalue weighted by Crippen LogP contribution is -2.69. The summed E-state index contributed by atoms with van der Waals surface area (Å²) in [4.78, 5) is 12.6. The fraction of sp³-hybridized carbons (Fsp3) is 0.963. The predicted octanol–water partition coefficient (Wildman–Crippen LogP) is -9.99. The van der Waals surface area contributed by atoms with E-state index in [1.165, 1.54) is 0 Å². The molecule has 0 aromatic heterocycles. The van der Waals surface area contributed by atoms with Crippen molar-refractivity contribution in [2.24, 2.45) is 28.7 Å². The third-order valence-corrected chi connectivity index (χ3v) is 9.34. The van der Waals surface area contributed by atoms with Crippen molar-refractivity contribution in [2.75, 3.05) is 26.3 Å². The quantitative estimate of drug-likeness (QED) is 0.0841. The minimum atomic E-state index is -1.73. The van der Waals surface area contributed by atoms with Gasteiger partial charge in [0.25, 0.3) is 0 Å². The van der Waals surface area contributed by atoms with Crippen LogP contribution in [0.5, 0.6) is 0 Å². The monoisotopic (exact) mass is 716 g/mol. The third-order valence-electron chi connectivity index (χ3n) is 9.34. The van der Waals surface area contributed by atoms with E-state index in [0.717, 1.165) is 0 Å². The van der Waals surface area contributed by atoms with Crippen LogP contribution in [0, 0.1) is 0 Å². The summed E-state index contributed by atoms with van der Waals surface area (Å²) < 4.78 is 34.7. The number of rotatable bonds is 13. The largest absolute Gasteiger partial charge is 0.394 e. The summed E-state index contributed by atoms with van der Waals surface area (Å²) in [6.45, 7) is -1.66. The van der Waals surface area contributed by atoms with Gasteiger partial charge in [-0.3, -0.25) is 4.79 Å². The molecule has 20 N–H and O–H groups in total. The molecular formula is C27H52N6O16. The van der Waals surface area contributed by atoms with Crippen LogP contribution in [0.15, 0.2) is 0 Å². The van der Waals surface area contributed by atoms with Crippen LogP contribution < -0.4 is 34.0 Å². The number of carbonyl (C=O) groups excluding carboxylic acids is 1. The zero-order chi connectivity index (χ0) is 36.3. The van der Waals surface area contributed by atoms with Gasteiger partial charge in [0.1, 0.15) is 79.4 Å². The topological polar surface area (TPSA) is 397 Å². The summed E-state index contributed by atoms with van der Waals surface area (Å²) in [6, 6.07) is -4.93. The Kier molecular flexibility index (Phi) is 14.4. The Labute approximate surface area is 280 Å². The van der Waals surface area contributed by atoms with Crippen molar-refractivity contribution in [1.82, 2.24) is 5.32 Å². The van der Waals surface area contributed by atoms with Crippen LogP contribution in [0.25, 0.3) is 0 Å². The molecule has 3 heterocycles. The molecule has 3 saturated heterocycles. The van der Waals surface area contributed by atoms with E-state index in [1.54, 1.807) is 0 Å². The highest BCUT2D eigenvalue weighted by Gasteiger charge is 2.55. The van der Waals surface area contributed by atoms with Gasteiger partial charge < -0.3 is 108 Å². The van der Waals surface area contributed by atoms with E-state index >= 15 is 0 Å². The van der Waals surface area contributed by atoms with Crippen molar-refractivity contribution in [3.05, 3.63) is 0 Å². The Hall–Kier alpha value is -1.33. The molecule has 22 nitrogen and oxygen atoms in total. The first-order chi connectivity index (χ1) is 23.2. The Morgan fingerprint density at radius 2 is 1.20 bits per heavy atom. The summed E-state index contributed by atoms with van der Waals surface area (Å²) in [5, 5.41) is 96.3. The summed E-state index contributed by atoms with van der Waals surface area (Å²) in [5.41, 5.74) is 29.5. The average molecular weight is 717 g/mol. The summed E-state index contributed by atoms with van der Waals surface area (Å²) in [7, 11) is 0. The second-order valence-corrected chi connectivity index (χ2v) is 12.7. The molecule has 1 aliphatic carbocycles. The van der Waals surface area contributed by atoms with Crippen LogP contribution in [0.4, 0.5) is 0 Å². The lowest BCUT2D eigenvalue weighted by atomic mass is 9.83. The van der Waals surface area contributed by atoms with Gasteiger partial charge >= 0.3 is 0 Å². The summed E-state index contributed by atoms with van der Waals surface area (Å²) in [5.74, 6) is -0.863. The smallest absolute Gasteiger partial charge is 0.249 e. The van der Waals surface area contributed by atoms with E-state index in [4.69, 9.17) is 57.1 Å².